The molecule has 1 aromatic carbocycles. The highest BCUT2D eigenvalue weighted by atomic mass is 16.5. The number of hydrogen-bond acceptors (Lipinski definition) is 3. The van der Waals surface area contributed by atoms with E-state index in [0.717, 1.165) is 25.0 Å². The van der Waals surface area contributed by atoms with Crippen molar-refractivity contribution in [1.82, 2.24) is 9.47 Å². The number of carbonyl (C=O) groups is 1. The number of ether oxygens (including phenoxy) is 1. The number of hydrogen-bond donors (Lipinski definition) is 0. The highest BCUT2D eigenvalue weighted by Crippen LogP contribution is 2.17. The minimum absolute atomic E-state index is 0.0763. The molecule has 132 valence electrons. The van der Waals surface area contributed by atoms with Gasteiger partial charge in [-0.05, 0) is 31.4 Å². The molecule has 1 saturated heterocycles. The van der Waals surface area contributed by atoms with Gasteiger partial charge in [-0.3, -0.25) is 9.59 Å². The maximum Gasteiger partial charge on any atom is 0.255 e. The lowest BCUT2D eigenvalue weighted by Gasteiger charge is -2.26. The van der Waals surface area contributed by atoms with Crippen molar-refractivity contribution in [3.63, 3.8) is 0 Å². The summed E-state index contributed by atoms with van der Waals surface area (Å²) in [4.78, 5) is 26.5. The average molecular weight is 340 g/mol. The maximum atomic E-state index is 13.0. The molecule has 0 spiro atoms. The van der Waals surface area contributed by atoms with Gasteiger partial charge in [-0.15, -0.1) is 0 Å². The number of benzene rings is 1. The second-order valence-electron chi connectivity index (χ2n) is 6.68. The molecule has 0 N–H and O–H groups in total. The van der Waals surface area contributed by atoms with E-state index in [9.17, 15) is 9.59 Å². The molecule has 1 fully saturated rings. The third-order valence-corrected chi connectivity index (χ3v) is 4.52. The van der Waals surface area contributed by atoms with Gasteiger partial charge in [-0.25, -0.2) is 0 Å². The van der Waals surface area contributed by atoms with E-state index in [0.29, 0.717) is 18.7 Å². The van der Waals surface area contributed by atoms with Gasteiger partial charge < -0.3 is 14.2 Å². The molecule has 0 bridgehead atoms. The smallest absolute Gasteiger partial charge is 0.255 e. The van der Waals surface area contributed by atoms with E-state index in [2.05, 4.69) is 6.07 Å². The van der Waals surface area contributed by atoms with E-state index in [1.54, 1.807) is 19.3 Å². The molecule has 5 nitrogen and oxygen atoms in total. The molecular formula is C20H24N2O3. The van der Waals surface area contributed by atoms with Crippen molar-refractivity contribution in [1.29, 1.82) is 0 Å². The van der Waals surface area contributed by atoms with Gasteiger partial charge in [-0.1, -0.05) is 29.8 Å². The molecule has 0 aliphatic carbocycles. The topological polar surface area (TPSA) is 51.5 Å². The number of aryl methyl sites for hydroxylation is 2. The standard InChI is InChI=1S/C20H24N2O3/c1-15-5-3-6-16(11-15)12-22(14-18-7-4-10-25-18)20(24)17-8-9-19(23)21(2)13-17/h3,5-6,8-9,11,13,18H,4,7,10,12,14H2,1-2H3/t18-/m1/s1. The molecule has 2 aromatic rings. The predicted molar refractivity (Wildman–Crippen MR) is 96.6 cm³/mol. The number of pyridine rings is 1. The first-order valence-electron chi connectivity index (χ1n) is 8.66. The summed E-state index contributed by atoms with van der Waals surface area (Å²) >= 11 is 0. The Labute approximate surface area is 147 Å². The second kappa shape index (κ2) is 7.66. The molecule has 1 atom stereocenters. The monoisotopic (exact) mass is 340 g/mol. The van der Waals surface area contributed by atoms with Gasteiger partial charge in [0.05, 0.1) is 11.7 Å². The van der Waals surface area contributed by atoms with Crippen molar-refractivity contribution in [2.45, 2.75) is 32.4 Å². The molecule has 1 aliphatic rings. The van der Waals surface area contributed by atoms with Gasteiger partial charge in [0.1, 0.15) is 0 Å². The number of carbonyl (C=O) groups excluding carboxylic acids is 1. The Balaban J connectivity index is 1.84. The van der Waals surface area contributed by atoms with Crippen LogP contribution in [0.3, 0.4) is 0 Å². The Hall–Kier alpha value is -2.40. The molecule has 1 aromatic heterocycles. The zero-order valence-electron chi connectivity index (χ0n) is 14.8. The van der Waals surface area contributed by atoms with E-state index in [-0.39, 0.29) is 17.6 Å². The van der Waals surface area contributed by atoms with Gasteiger partial charge in [0.25, 0.3) is 5.91 Å². The second-order valence-corrected chi connectivity index (χ2v) is 6.68. The summed E-state index contributed by atoms with van der Waals surface area (Å²) in [6, 6.07) is 11.2. The van der Waals surface area contributed by atoms with Crippen LogP contribution in [-0.4, -0.2) is 34.6 Å². The van der Waals surface area contributed by atoms with Crippen molar-refractivity contribution in [2.24, 2.45) is 7.05 Å². The molecule has 0 unspecified atom stereocenters. The van der Waals surface area contributed by atoms with Crippen molar-refractivity contribution in [3.05, 3.63) is 69.6 Å². The van der Waals surface area contributed by atoms with Gasteiger partial charge in [-0.2, -0.15) is 0 Å². The fourth-order valence-corrected chi connectivity index (χ4v) is 3.19. The maximum absolute atomic E-state index is 13.0. The fraction of sp³-hybridized carbons (Fsp3) is 0.400. The molecule has 25 heavy (non-hydrogen) atoms. The first-order chi connectivity index (χ1) is 12.0. The van der Waals surface area contributed by atoms with Crippen LogP contribution in [0.2, 0.25) is 0 Å². The van der Waals surface area contributed by atoms with Crippen LogP contribution in [-0.2, 0) is 18.3 Å². The summed E-state index contributed by atoms with van der Waals surface area (Å²) in [6.45, 7) is 3.90. The molecule has 1 aliphatic heterocycles. The fourth-order valence-electron chi connectivity index (χ4n) is 3.19. The minimum atomic E-state index is -0.124. The lowest BCUT2D eigenvalue weighted by molar-refractivity contribution is 0.0506. The van der Waals surface area contributed by atoms with Crippen molar-refractivity contribution >= 4 is 5.91 Å². The Morgan fingerprint density at radius 3 is 2.84 bits per heavy atom. The number of rotatable bonds is 5. The highest BCUT2D eigenvalue weighted by Gasteiger charge is 2.24. The summed E-state index contributed by atoms with van der Waals surface area (Å²) in [5, 5.41) is 0. The van der Waals surface area contributed by atoms with Gasteiger partial charge in [0, 0.05) is 39.0 Å². The summed E-state index contributed by atoms with van der Waals surface area (Å²) in [7, 11) is 1.66. The van der Waals surface area contributed by atoms with E-state index in [1.807, 2.05) is 30.0 Å². The van der Waals surface area contributed by atoms with Crippen LogP contribution >= 0.6 is 0 Å². The van der Waals surface area contributed by atoms with Gasteiger partial charge in [0.2, 0.25) is 5.56 Å². The predicted octanol–water partition coefficient (Wildman–Crippen LogP) is 2.52. The van der Waals surface area contributed by atoms with Gasteiger partial charge >= 0.3 is 0 Å². The minimum Gasteiger partial charge on any atom is -0.376 e. The SMILES string of the molecule is Cc1cccc(CN(C[C@H]2CCCO2)C(=O)c2ccc(=O)n(C)c2)c1. The van der Waals surface area contributed by atoms with Crippen molar-refractivity contribution in [2.75, 3.05) is 13.2 Å². The number of aromatic nitrogens is 1. The first kappa shape index (κ1) is 17.4. The Morgan fingerprint density at radius 2 is 2.16 bits per heavy atom. The van der Waals surface area contributed by atoms with Crippen LogP contribution in [0.15, 0.2) is 47.4 Å². The molecule has 1 amide bonds. The first-order valence-corrected chi connectivity index (χ1v) is 8.66. The highest BCUT2D eigenvalue weighted by molar-refractivity contribution is 5.93. The molecule has 0 radical (unpaired) electrons. The third-order valence-electron chi connectivity index (χ3n) is 4.52. The molecule has 5 heteroatoms. The normalized spacial score (nSPS) is 16.8. The van der Waals surface area contributed by atoms with Crippen molar-refractivity contribution < 1.29 is 9.53 Å². The van der Waals surface area contributed by atoms with Crippen LogP contribution in [0.25, 0.3) is 0 Å². The zero-order chi connectivity index (χ0) is 17.8. The van der Waals surface area contributed by atoms with Crippen LogP contribution in [0.5, 0.6) is 0 Å². The largest absolute Gasteiger partial charge is 0.376 e. The van der Waals surface area contributed by atoms with E-state index in [1.165, 1.54) is 16.2 Å². The third kappa shape index (κ3) is 4.37. The Kier molecular flexibility index (Phi) is 5.34. The summed E-state index contributed by atoms with van der Waals surface area (Å²) in [5.41, 5.74) is 2.66. The lowest BCUT2D eigenvalue weighted by atomic mass is 10.1. The Bertz CT molecular complexity index is 807. The van der Waals surface area contributed by atoms with E-state index >= 15 is 0 Å². The Morgan fingerprint density at radius 1 is 1.32 bits per heavy atom. The van der Waals surface area contributed by atoms with Crippen LogP contribution < -0.4 is 5.56 Å². The quantitative estimate of drug-likeness (QED) is 0.840. The molecule has 0 saturated carbocycles. The number of nitrogens with zero attached hydrogens (tertiary/aromatic N) is 2. The average Bonchev–Trinajstić information content (AvgIpc) is 3.09. The lowest BCUT2D eigenvalue weighted by Crippen LogP contribution is -2.37. The summed E-state index contributed by atoms with van der Waals surface area (Å²) < 4.78 is 7.16. The number of amides is 1. The van der Waals surface area contributed by atoms with Crippen LogP contribution in [0.1, 0.15) is 34.3 Å². The molecule has 3 rings (SSSR count). The van der Waals surface area contributed by atoms with Crippen LogP contribution in [0, 0.1) is 6.92 Å². The van der Waals surface area contributed by atoms with E-state index in [4.69, 9.17) is 4.74 Å². The molecule has 2 heterocycles. The van der Waals surface area contributed by atoms with Crippen LogP contribution in [0.4, 0.5) is 0 Å². The molecular weight excluding hydrogens is 316 g/mol. The summed E-state index contributed by atoms with van der Waals surface area (Å²) in [5.74, 6) is -0.0763. The summed E-state index contributed by atoms with van der Waals surface area (Å²) in [6.07, 6.45) is 3.70. The van der Waals surface area contributed by atoms with Crippen molar-refractivity contribution in [3.8, 4) is 0 Å². The van der Waals surface area contributed by atoms with Gasteiger partial charge in [0.15, 0.2) is 0 Å². The van der Waals surface area contributed by atoms with E-state index < -0.39 is 0 Å². The zero-order valence-corrected chi connectivity index (χ0v) is 14.8.